The lowest BCUT2D eigenvalue weighted by Gasteiger charge is -2.20. The van der Waals surface area contributed by atoms with Crippen molar-refractivity contribution in [3.8, 4) is 0 Å². The van der Waals surface area contributed by atoms with Gasteiger partial charge in [0, 0.05) is 15.8 Å². The van der Waals surface area contributed by atoms with E-state index in [1.165, 1.54) is 44.9 Å². The minimum absolute atomic E-state index is 0.575. The zero-order chi connectivity index (χ0) is 13.0. The van der Waals surface area contributed by atoms with Gasteiger partial charge in [-0.05, 0) is 56.7 Å². The number of nitrogens with one attached hydrogen (secondary N) is 1. The normalized spacial score (nSPS) is 16.9. The van der Waals surface area contributed by atoms with Gasteiger partial charge in [0.25, 0.3) is 0 Å². The highest BCUT2D eigenvalue weighted by Gasteiger charge is 2.20. The van der Waals surface area contributed by atoms with Gasteiger partial charge in [-0.1, -0.05) is 26.7 Å². The summed E-state index contributed by atoms with van der Waals surface area (Å²) in [5.74, 6) is 0.863. The Hall–Kier alpha value is -0.340. The molecule has 0 bridgehead atoms. The van der Waals surface area contributed by atoms with Crippen LogP contribution in [0.3, 0.4) is 0 Å². The Kier molecular flexibility index (Phi) is 5.25. The summed E-state index contributed by atoms with van der Waals surface area (Å²) >= 11 is 2.07. The maximum Gasteiger partial charge on any atom is 0.0415 e. The number of hydrogen-bond donors (Lipinski definition) is 1. The first kappa shape index (κ1) is 14.1. The lowest BCUT2D eigenvalue weighted by Crippen LogP contribution is -2.18. The van der Waals surface area contributed by atoms with Crippen LogP contribution in [0.5, 0.6) is 0 Å². The molecule has 0 spiro atoms. The van der Waals surface area contributed by atoms with Crippen molar-refractivity contribution < 1.29 is 0 Å². The first-order valence-corrected chi connectivity index (χ1v) is 8.38. The Morgan fingerprint density at radius 2 is 1.94 bits per heavy atom. The fraction of sp³-hybridized carbons (Fsp3) is 0.750. The topological polar surface area (TPSA) is 12.0 Å². The number of fused-ring (bicyclic) bond motifs is 1. The molecule has 0 saturated heterocycles. The smallest absolute Gasteiger partial charge is 0.0415 e. The van der Waals surface area contributed by atoms with Crippen LogP contribution in [0.2, 0.25) is 0 Å². The zero-order valence-electron chi connectivity index (χ0n) is 12.1. The minimum atomic E-state index is 0.575. The van der Waals surface area contributed by atoms with Crippen LogP contribution in [0.15, 0.2) is 6.07 Å². The molecular weight excluding hydrogens is 238 g/mol. The standard InChI is InChI=1S/C16H27NS/c1-4-12(5-2)10-14(17-3)16-11-13-8-6-7-9-15(13)18-16/h11-12,14,17H,4-10H2,1-3H3. The van der Waals surface area contributed by atoms with Crippen molar-refractivity contribution in [1.29, 1.82) is 0 Å². The summed E-state index contributed by atoms with van der Waals surface area (Å²) < 4.78 is 0. The van der Waals surface area contributed by atoms with E-state index in [4.69, 9.17) is 0 Å². The lowest BCUT2D eigenvalue weighted by atomic mass is 9.93. The molecule has 1 aromatic rings. The molecule has 1 heterocycles. The summed E-state index contributed by atoms with van der Waals surface area (Å²) in [7, 11) is 2.12. The van der Waals surface area contributed by atoms with E-state index in [0.717, 1.165) is 5.92 Å². The van der Waals surface area contributed by atoms with Gasteiger partial charge in [-0.15, -0.1) is 11.3 Å². The molecule has 0 amide bonds. The Morgan fingerprint density at radius 3 is 2.56 bits per heavy atom. The summed E-state index contributed by atoms with van der Waals surface area (Å²) in [5, 5.41) is 3.54. The summed E-state index contributed by atoms with van der Waals surface area (Å²) in [4.78, 5) is 3.25. The van der Waals surface area contributed by atoms with Crippen LogP contribution in [0.4, 0.5) is 0 Å². The number of rotatable bonds is 6. The van der Waals surface area contributed by atoms with E-state index in [2.05, 4.69) is 43.6 Å². The molecule has 1 atom stereocenters. The van der Waals surface area contributed by atoms with Gasteiger partial charge in [0.05, 0.1) is 0 Å². The van der Waals surface area contributed by atoms with E-state index in [1.807, 2.05) is 0 Å². The van der Waals surface area contributed by atoms with Gasteiger partial charge in [-0.2, -0.15) is 0 Å². The van der Waals surface area contributed by atoms with E-state index in [0.29, 0.717) is 6.04 Å². The van der Waals surface area contributed by atoms with E-state index < -0.39 is 0 Å². The molecule has 18 heavy (non-hydrogen) atoms. The molecule has 1 aliphatic carbocycles. The highest BCUT2D eigenvalue weighted by Crippen LogP contribution is 2.35. The van der Waals surface area contributed by atoms with E-state index in [1.54, 1.807) is 15.3 Å². The van der Waals surface area contributed by atoms with Crippen molar-refractivity contribution >= 4 is 11.3 Å². The van der Waals surface area contributed by atoms with Crippen molar-refractivity contribution in [3.05, 3.63) is 21.4 Å². The van der Waals surface area contributed by atoms with Crippen molar-refractivity contribution in [2.75, 3.05) is 7.05 Å². The Morgan fingerprint density at radius 1 is 1.22 bits per heavy atom. The molecule has 102 valence electrons. The van der Waals surface area contributed by atoms with Crippen molar-refractivity contribution in [3.63, 3.8) is 0 Å². The summed E-state index contributed by atoms with van der Waals surface area (Å²) in [6, 6.07) is 3.06. The van der Waals surface area contributed by atoms with E-state index >= 15 is 0 Å². The van der Waals surface area contributed by atoms with Gasteiger partial charge in [-0.25, -0.2) is 0 Å². The summed E-state index contributed by atoms with van der Waals surface area (Å²) in [5.41, 5.74) is 1.64. The molecule has 0 aliphatic heterocycles. The Balaban J connectivity index is 2.09. The second-order valence-corrected chi connectivity index (χ2v) is 6.73. The largest absolute Gasteiger partial charge is 0.312 e. The molecule has 2 rings (SSSR count). The molecule has 1 unspecified atom stereocenters. The quantitative estimate of drug-likeness (QED) is 0.785. The number of hydrogen-bond acceptors (Lipinski definition) is 2. The predicted octanol–water partition coefficient (Wildman–Crippen LogP) is 4.71. The monoisotopic (exact) mass is 265 g/mol. The second-order valence-electron chi connectivity index (χ2n) is 5.56. The summed E-state index contributed by atoms with van der Waals surface area (Å²) in [6.45, 7) is 4.64. The van der Waals surface area contributed by atoms with Crippen LogP contribution in [-0.4, -0.2) is 7.05 Å². The third-order valence-electron chi connectivity index (χ3n) is 4.43. The predicted molar refractivity (Wildman–Crippen MR) is 81.5 cm³/mol. The highest BCUT2D eigenvalue weighted by molar-refractivity contribution is 7.12. The fourth-order valence-corrected chi connectivity index (χ4v) is 4.40. The molecule has 2 heteroatoms. The van der Waals surface area contributed by atoms with Crippen LogP contribution in [0, 0.1) is 5.92 Å². The van der Waals surface area contributed by atoms with Gasteiger partial charge in [0.15, 0.2) is 0 Å². The Bertz CT molecular complexity index is 342. The van der Waals surface area contributed by atoms with Crippen LogP contribution < -0.4 is 5.32 Å². The zero-order valence-corrected chi connectivity index (χ0v) is 12.9. The average molecular weight is 265 g/mol. The Labute approximate surface area is 116 Å². The third kappa shape index (κ3) is 3.16. The second kappa shape index (κ2) is 6.72. The molecule has 1 nitrogen and oxygen atoms in total. The maximum atomic E-state index is 3.54. The van der Waals surface area contributed by atoms with Crippen LogP contribution >= 0.6 is 11.3 Å². The van der Waals surface area contributed by atoms with Crippen molar-refractivity contribution in [1.82, 2.24) is 5.32 Å². The molecule has 0 fully saturated rings. The van der Waals surface area contributed by atoms with Crippen LogP contribution in [0.1, 0.15) is 67.3 Å². The van der Waals surface area contributed by atoms with Gasteiger partial charge < -0.3 is 5.32 Å². The van der Waals surface area contributed by atoms with Crippen molar-refractivity contribution in [2.45, 2.75) is 64.8 Å². The third-order valence-corrected chi connectivity index (χ3v) is 5.78. The maximum absolute atomic E-state index is 3.54. The molecule has 0 saturated carbocycles. The van der Waals surface area contributed by atoms with Crippen molar-refractivity contribution in [2.24, 2.45) is 5.92 Å². The first-order chi connectivity index (χ1) is 8.78. The molecule has 0 aromatic carbocycles. The molecular formula is C16H27NS. The van der Waals surface area contributed by atoms with Crippen LogP contribution in [0.25, 0.3) is 0 Å². The van der Waals surface area contributed by atoms with E-state index in [-0.39, 0.29) is 0 Å². The van der Waals surface area contributed by atoms with Gasteiger partial charge in [-0.3, -0.25) is 0 Å². The van der Waals surface area contributed by atoms with Crippen LogP contribution in [-0.2, 0) is 12.8 Å². The molecule has 0 radical (unpaired) electrons. The molecule has 1 N–H and O–H groups in total. The SMILES string of the molecule is CCC(CC)CC(NC)c1cc2c(s1)CCCC2. The van der Waals surface area contributed by atoms with Gasteiger partial charge >= 0.3 is 0 Å². The average Bonchev–Trinajstić information content (AvgIpc) is 2.84. The molecule has 1 aliphatic rings. The van der Waals surface area contributed by atoms with E-state index in [9.17, 15) is 0 Å². The number of thiophene rings is 1. The number of aryl methyl sites for hydroxylation is 2. The summed E-state index contributed by atoms with van der Waals surface area (Å²) in [6.07, 6.45) is 9.32. The lowest BCUT2D eigenvalue weighted by molar-refractivity contribution is 0.388. The first-order valence-electron chi connectivity index (χ1n) is 7.57. The van der Waals surface area contributed by atoms with Gasteiger partial charge in [0.2, 0.25) is 0 Å². The fourth-order valence-electron chi connectivity index (χ4n) is 3.02. The minimum Gasteiger partial charge on any atom is -0.312 e. The highest BCUT2D eigenvalue weighted by atomic mass is 32.1. The molecule has 1 aromatic heterocycles. The van der Waals surface area contributed by atoms with Gasteiger partial charge in [0.1, 0.15) is 0 Å².